The van der Waals surface area contributed by atoms with Crippen molar-refractivity contribution in [1.29, 1.82) is 0 Å². The molecule has 1 fully saturated rings. The second-order valence-corrected chi connectivity index (χ2v) is 6.43. The minimum absolute atomic E-state index is 0.115. The molecule has 0 saturated carbocycles. The summed E-state index contributed by atoms with van der Waals surface area (Å²) in [5.41, 5.74) is 5.74. The average Bonchev–Trinajstić information content (AvgIpc) is 2.56. The standard InChI is InChI=1S/C16H18Cl2N2O4/c17-12-4-1-5-13(18)11(12)7-15(22)24-9-14(21)20-6-2-3-10(8-20)16(19)23/h1,4-5,10H,2-3,6-9H2,(H2,19,23)/t10-/m0/s1. The van der Waals surface area contributed by atoms with E-state index in [4.69, 9.17) is 33.7 Å². The van der Waals surface area contributed by atoms with Gasteiger partial charge in [-0.2, -0.15) is 0 Å². The molecule has 2 N–H and O–H groups in total. The van der Waals surface area contributed by atoms with E-state index in [1.54, 1.807) is 18.2 Å². The van der Waals surface area contributed by atoms with E-state index in [2.05, 4.69) is 0 Å². The molecule has 2 rings (SSSR count). The van der Waals surface area contributed by atoms with Crippen LogP contribution in [0.1, 0.15) is 18.4 Å². The molecule has 1 saturated heterocycles. The fraction of sp³-hybridized carbons (Fsp3) is 0.438. The SMILES string of the molecule is NC(=O)[C@H]1CCCN(C(=O)COC(=O)Cc2c(Cl)cccc2Cl)C1. The van der Waals surface area contributed by atoms with Crippen LogP contribution in [0.25, 0.3) is 0 Å². The summed E-state index contributed by atoms with van der Waals surface area (Å²) in [6, 6.07) is 4.92. The summed E-state index contributed by atoms with van der Waals surface area (Å²) in [5, 5.41) is 0.734. The number of rotatable bonds is 5. The van der Waals surface area contributed by atoms with E-state index >= 15 is 0 Å². The molecule has 1 aromatic carbocycles. The van der Waals surface area contributed by atoms with E-state index in [1.165, 1.54) is 4.90 Å². The Labute approximate surface area is 149 Å². The van der Waals surface area contributed by atoms with E-state index in [9.17, 15) is 14.4 Å². The molecule has 0 bridgehead atoms. The van der Waals surface area contributed by atoms with Crippen molar-refractivity contribution in [2.75, 3.05) is 19.7 Å². The third-order valence-electron chi connectivity index (χ3n) is 3.92. The molecule has 1 heterocycles. The quantitative estimate of drug-likeness (QED) is 0.797. The summed E-state index contributed by atoms with van der Waals surface area (Å²) in [6.45, 7) is 0.408. The summed E-state index contributed by atoms with van der Waals surface area (Å²) >= 11 is 12.0. The number of esters is 1. The van der Waals surface area contributed by atoms with Gasteiger partial charge in [0, 0.05) is 28.7 Å². The van der Waals surface area contributed by atoms with Gasteiger partial charge in [-0.3, -0.25) is 14.4 Å². The molecule has 1 aromatic rings. The first-order valence-electron chi connectivity index (χ1n) is 7.54. The highest BCUT2D eigenvalue weighted by Crippen LogP contribution is 2.25. The van der Waals surface area contributed by atoms with Crippen molar-refractivity contribution >= 4 is 41.0 Å². The van der Waals surface area contributed by atoms with Crippen molar-refractivity contribution in [1.82, 2.24) is 4.90 Å². The Morgan fingerprint density at radius 1 is 1.25 bits per heavy atom. The first-order valence-corrected chi connectivity index (χ1v) is 8.29. The van der Waals surface area contributed by atoms with Gasteiger partial charge in [0.05, 0.1) is 12.3 Å². The predicted octanol–water partition coefficient (Wildman–Crippen LogP) is 1.80. The van der Waals surface area contributed by atoms with Crippen molar-refractivity contribution < 1.29 is 19.1 Å². The molecule has 0 spiro atoms. The number of ether oxygens (including phenoxy) is 1. The first-order chi connectivity index (χ1) is 11.4. The average molecular weight is 373 g/mol. The summed E-state index contributed by atoms with van der Waals surface area (Å²) in [7, 11) is 0. The van der Waals surface area contributed by atoms with E-state index < -0.39 is 11.9 Å². The zero-order chi connectivity index (χ0) is 17.7. The van der Waals surface area contributed by atoms with Crippen LogP contribution in [0.3, 0.4) is 0 Å². The van der Waals surface area contributed by atoms with Gasteiger partial charge in [-0.05, 0) is 25.0 Å². The van der Waals surface area contributed by atoms with Crippen molar-refractivity contribution in [2.45, 2.75) is 19.3 Å². The number of hydrogen-bond donors (Lipinski definition) is 1. The number of likely N-dealkylation sites (tertiary alicyclic amines) is 1. The van der Waals surface area contributed by atoms with Crippen LogP contribution in [0.4, 0.5) is 0 Å². The molecule has 0 radical (unpaired) electrons. The Morgan fingerprint density at radius 2 is 1.92 bits per heavy atom. The van der Waals surface area contributed by atoms with Gasteiger partial charge < -0.3 is 15.4 Å². The summed E-state index contributed by atoms with van der Waals surface area (Å²) in [6.07, 6.45) is 1.25. The Kier molecular flexibility index (Phi) is 6.45. The molecule has 0 aromatic heterocycles. The number of hydrogen-bond acceptors (Lipinski definition) is 4. The zero-order valence-electron chi connectivity index (χ0n) is 13.0. The lowest BCUT2D eigenvalue weighted by Gasteiger charge is -2.31. The summed E-state index contributed by atoms with van der Waals surface area (Å²) in [5.74, 6) is -1.71. The number of nitrogens with two attached hydrogens (primary N) is 1. The summed E-state index contributed by atoms with van der Waals surface area (Å²) in [4.78, 5) is 36.7. The maximum absolute atomic E-state index is 12.1. The maximum Gasteiger partial charge on any atom is 0.310 e. The number of nitrogens with zero attached hydrogens (tertiary/aromatic N) is 1. The first kappa shape index (κ1) is 18.5. The van der Waals surface area contributed by atoms with Crippen molar-refractivity contribution in [2.24, 2.45) is 11.7 Å². The Bertz CT molecular complexity index is 631. The molecule has 1 aliphatic heterocycles. The van der Waals surface area contributed by atoms with E-state index in [1.807, 2.05) is 0 Å². The largest absolute Gasteiger partial charge is 0.455 e. The molecular formula is C16H18Cl2N2O4. The normalized spacial score (nSPS) is 17.4. The Balaban J connectivity index is 1.85. The van der Waals surface area contributed by atoms with Crippen LogP contribution in [0.2, 0.25) is 10.0 Å². The van der Waals surface area contributed by atoms with Crippen LogP contribution in [0, 0.1) is 5.92 Å². The molecule has 130 valence electrons. The highest BCUT2D eigenvalue weighted by atomic mass is 35.5. The minimum Gasteiger partial charge on any atom is -0.455 e. The lowest BCUT2D eigenvalue weighted by Crippen LogP contribution is -2.45. The minimum atomic E-state index is -0.596. The lowest BCUT2D eigenvalue weighted by atomic mass is 9.97. The van der Waals surface area contributed by atoms with Crippen LogP contribution >= 0.6 is 23.2 Å². The molecule has 2 amide bonds. The fourth-order valence-electron chi connectivity index (χ4n) is 2.57. The summed E-state index contributed by atoms with van der Waals surface area (Å²) < 4.78 is 5.00. The van der Waals surface area contributed by atoms with Gasteiger partial charge in [-0.25, -0.2) is 0 Å². The van der Waals surface area contributed by atoms with Crippen molar-refractivity contribution in [3.05, 3.63) is 33.8 Å². The molecule has 8 heteroatoms. The van der Waals surface area contributed by atoms with Crippen LogP contribution in [0.15, 0.2) is 18.2 Å². The van der Waals surface area contributed by atoms with Gasteiger partial charge >= 0.3 is 5.97 Å². The number of benzene rings is 1. The topological polar surface area (TPSA) is 89.7 Å². The lowest BCUT2D eigenvalue weighted by molar-refractivity contribution is -0.152. The molecule has 0 unspecified atom stereocenters. The second-order valence-electron chi connectivity index (χ2n) is 5.62. The maximum atomic E-state index is 12.1. The highest BCUT2D eigenvalue weighted by Gasteiger charge is 2.27. The molecule has 6 nitrogen and oxygen atoms in total. The van der Waals surface area contributed by atoms with E-state index in [0.717, 1.165) is 0 Å². The Hall–Kier alpha value is -1.79. The van der Waals surface area contributed by atoms with Crippen LogP contribution in [0.5, 0.6) is 0 Å². The number of halogens is 2. The van der Waals surface area contributed by atoms with Crippen LogP contribution < -0.4 is 5.73 Å². The number of carbonyl (C=O) groups is 3. The Morgan fingerprint density at radius 3 is 2.54 bits per heavy atom. The van der Waals surface area contributed by atoms with Crippen LogP contribution in [-0.2, 0) is 25.5 Å². The molecule has 1 aliphatic rings. The van der Waals surface area contributed by atoms with Crippen molar-refractivity contribution in [3.8, 4) is 0 Å². The zero-order valence-corrected chi connectivity index (χ0v) is 14.5. The number of piperidine rings is 1. The van der Waals surface area contributed by atoms with Gasteiger partial charge in [-0.1, -0.05) is 29.3 Å². The number of primary amides is 1. The predicted molar refractivity (Wildman–Crippen MR) is 89.6 cm³/mol. The van der Waals surface area contributed by atoms with Crippen molar-refractivity contribution in [3.63, 3.8) is 0 Å². The molecule has 1 atom stereocenters. The number of carbonyl (C=O) groups excluding carboxylic acids is 3. The van der Waals surface area contributed by atoms with E-state index in [-0.39, 0.29) is 31.4 Å². The number of amides is 2. The molecule has 24 heavy (non-hydrogen) atoms. The van der Waals surface area contributed by atoms with Crippen LogP contribution in [-0.4, -0.2) is 42.4 Å². The van der Waals surface area contributed by atoms with Gasteiger partial charge in [0.1, 0.15) is 0 Å². The third kappa shape index (κ3) is 4.85. The van der Waals surface area contributed by atoms with Gasteiger partial charge in [-0.15, -0.1) is 0 Å². The van der Waals surface area contributed by atoms with Gasteiger partial charge in [0.15, 0.2) is 6.61 Å². The molecular weight excluding hydrogens is 355 g/mol. The van der Waals surface area contributed by atoms with Gasteiger partial charge in [0.2, 0.25) is 5.91 Å². The second kappa shape index (κ2) is 8.35. The molecule has 0 aliphatic carbocycles. The third-order valence-corrected chi connectivity index (χ3v) is 4.62. The smallest absolute Gasteiger partial charge is 0.310 e. The highest BCUT2D eigenvalue weighted by molar-refractivity contribution is 6.36. The fourth-order valence-corrected chi connectivity index (χ4v) is 3.10. The monoisotopic (exact) mass is 372 g/mol. The van der Waals surface area contributed by atoms with E-state index in [0.29, 0.717) is 35.0 Å². The van der Waals surface area contributed by atoms with Gasteiger partial charge in [0.25, 0.3) is 5.91 Å².